The summed E-state index contributed by atoms with van der Waals surface area (Å²) in [4.78, 5) is 0. The number of hydrogen-bond acceptors (Lipinski definition) is 3. The molecular formula is C13H17Cl2NOS. The van der Waals surface area contributed by atoms with Crippen LogP contribution in [0.3, 0.4) is 0 Å². The van der Waals surface area contributed by atoms with Gasteiger partial charge < -0.3 is 10.1 Å². The molecule has 1 saturated heterocycles. The van der Waals surface area contributed by atoms with Crippen LogP contribution < -0.4 is 5.32 Å². The van der Waals surface area contributed by atoms with Gasteiger partial charge >= 0.3 is 0 Å². The summed E-state index contributed by atoms with van der Waals surface area (Å²) in [5.41, 5.74) is 1.10. The lowest BCUT2D eigenvalue weighted by Gasteiger charge is -2.23. The highest BCUT2D eigenvalue weighted by Gasteiger charge is 2.41. The van der Waals surface area contributed by atoms with E-state index in [2.05, 4.69) is 12.2 Å². The van der Waals surface area contributed by atoms with Gasteiger partial charge in [-0.3, -0.25) is 0 Å². The first-order valence-electron chi connectivity index (χ1n) is 6.47. The summed E-state index contributed by atoms with van der Waals surface area (Å²) >= 11 is 13.6. The molecule has 5 heteroatoms. The molecule has 18 heavy (non-hydrogen) atoms. The van der Waals surface area contributed by atoms with E-state index in [1.54, 1.807) is 0 Å². The van der Waals surface area contributed by atoms with Gasteiger partial charge in [0.05, 0.1) is 14.8 Å². The second kappa shape index (κ2) is 5.29. The molecule has 3 rings (SSSR count). The van der Waals surface area contributed by atoms with Crippen LogP contribution in [0.5, 0.6) is 0 Å². The molecule has 3 unspecified atom stereocenters. The first-order valence-corrected chi connectivity index (χ1v) is 8.05. The van der Waals surface area contributed by atoms with Crippen molar-refractivity contribution in [3.63, 3.8) is 0 Å². The average Bonchev–Trinajstić information content (AvgIpc) is 2.97. The normalized spacial score (nSPS) is 29.7. The first kappa shape index (κ1) is 13.2. The molecule has 1 aromatic heterocycles. The molecule has 1 aliphatic heterocycles. The maximum Gasteiger partial charge on any atom is 0.0991 e. The van der Waals surface area contributed by atoms with Crippen molar-refractivity contribution in [1.82, 2.24) is 5.32 Å². The van der Waals surface area contributed by atoms with E-state index in [0.29, 0.717) is 12.1 Å². The molecule has 100 valence electrons. The summed E-state index contributed by atoms with van der Waals surface area (Å²) in [6.07, 6.45) is 4.14. The number of rotatable bonds is 4. The zero-order valence-corrected chi connectivity index (χ0v) is 12.6. The van der Waals surface area contributed by atoms with Gasteiger partial charge in [-0.1, -0.05) is 23.2 Å². The molecule has 0 aromatic carbocycles. The Bertz CT molecular complexity index is 433. The topological polar surface area (TPSA) is 21.3 Å². The van der Waals surface area contributed by atoms with E-state index in [1.165, 1.54) is 24.2 Å². The molecule has 1 aliphatic carbocycles. The van der Waals surface area contributed by atoms with Gasteiger partial charge in [-0.25, -0.2) is 0 Å². The largest absolute Gasteiger partial charge is 0.376 e. The molecule has 3 atom stereocenters. The summed E-state index contributed by atoms with van der Waals surface area (Å²) in [6.45, 7) is 3.02. The van der Waals surface area contributed by atoms with Gasteiger partial charge in [-0.2, -0.15) is 0 Å². The Morgan fingerprint density at radius 2 is 2.17 bits per heavy atom. The fourth-order valence-corrected chi connectivity index (χ4v) is 4.38. The quantitative estimate of drug-likeness (QED) is 0.897. The van der Waals surface area contributed by atoms with Crippen LogP contribution in [0.25, 0.3) is 0 Å². The van der Waals surface area contributed by atoms with E-state index in [9.17, 15) is 0 Å². The minimum Gasteiger partial charge on any atom is -0.376 e. The molecular weight excluding hydrogens is 289 g/mol. The van der Waals surface area contributed by atoms with Crippen molar-refractivity contribution in [1.29, 1.82) is 0 Å². The fourth-order valence-electron chi connectivity index (χ4n) is 2.74. The maximum atomic E-state index is 6.20. The summed E-state index contributed by atoms with van der Waals surface area (Å²) in [5.74, 6) is 0.777. The van der Waals surface area contributed by atoms with Crippen molar-refractivity contribution in [2.24, 2.45) is 5.92 Å². The second-order valence-electron chi connectivity index (χ2n) is 5.24. The van der Waals surface area contributed by atoms with Gasteiger partial charge in [0.25, 0.3) is 0 Å². The third-order valence-electron chi connectivity index (χ3n) is 3.84. The molecule has 0 spiro atoms. The summed E-state index contributed by atoms with van der Waals surface area (Å²) in [7, 11) is 0. The Morgan fingerprint density at radius 1 is 1.39 bits per heavy atom. The monoisotopic (exact) mass is 305 g/mol. The minimum atomic E-state index is 0.231. The number of hydrogen-bond donors (Lipinski definition) is 1. The molecule has 2 nitrogen and oxygen atoms in total. The molecule has 0 amide bonds. The van der Waals surface area contributed by atoms with Crippen LogP contribution in [-0.2, 0) is 4.74 Å². The van der Waals surface area contributed by atoms with Crippen molar-refractivity contribution < 1.29 is 4.74 Å². The van der Waals surface area contributed by atoms with Crippen molar-refractivity contribution in [3.05, 3.63) is 20.3 Å². The zero-order valence-electron chi connectivity index (χ0n) is 10.3. The standard InChI is InChI=1S/C13H17Cl2NOS/c1-7(9-6-11(14)18-13(9)15)16-10-4-5-17-12(10)8-2-3-8/h6-8,10,12,16H,2-5H2,1H3. The molecule has 2 aliphatic rings. The van der Waals surface area contributed by atoms with Gasteiger partial charge in [-0.15, -0.1) is 11.3 Å². The van der Waals surface area contributed by atoms with Crippen LogP contribution in [0, 0.1) is 5.92 Å². The van der Waals surface area contributed by atoms with Crippen LogP contribution >= 0.6 is 34.5 Å². The molecule has 0 radical (unpaired) electrons. The SMILES string of the molecule is CC(NC1CCOC1C1CC1)c1cc(Cl)sc1Cl. The predicted molar refractivity (Wildman–Crippen MR) is 76.8 cm³/mol. The van der Waals surface area contributed by atoms with E-state index >= 15 is 0 Å². The summed E-state index contributed by atoms with van der Waals surface area (Å²) < 4.78 is 7.39. The van der Waals surface area contributed by atoms with E-state index in [0.717, 1.165) is 33.2 Å². The first-order chi connectivity index (χ1) is 8.65. The predicted octanol–water partition coefficient (Wildman–Crippen LogP) is 4.27. The van der Waals surface area contributed by atoms with Gasteiger partial charge in [0.15, 0.2) is 0 Å². The van der Waals surface area contributed by atoms with Crippen molar-refractivity contribution >= 4 is 34.5 Å². The van der Waals surface area contributed by atoms with Crippen molar-refractivity contribution in [2.45, 2.75) is 44.4 Å². The van der Waals surface area contributed by atoms with Crippen LogP contribution in [-0.4, -0.2) is 18.8 Å². The third-order valence-corrected chi connectivity index (χ3v) is 5.35. The summed E-state index contributed by atoms with van der Waals surface area (Å²) in [6, 6.07) is 2.66. The van der Waals surface area contributed by atoms with Gasteiger partial charge in [0.2, 0.25) is 0 Å². The lowest BCUT2D eigenvalue weighted by Crippen LogP contribution is -2.39. The minimum absolute atomic E-state index is 0.231. The van der Waals surface area contributed by atoms with Crippen LogP contribution in [0.4, 0.5) is 0 Å². The fraction of sp³-hybridized carbons (Fsp3) is 0.692. The van der Waals surface area contributed by atoms with Crippen LogP contribution in [0.15, 0.2) is 6.07 Å². The Kier molecular flexibility index (Phi) is 3.88. The smallest absolute Gasteiger partial charge is 0.0991 e. The van der Waals surface area contributed by atoms with E-state index in [4.69, 9.17) is 27.9 Å². The van der Waals surface area contributed by atoms with E-state index < -0.39 is 0 Å². The number of ether oxygens (including phenoxy) is 1. The molecule has 2 heterocycles. The molecule has 1 N–H and O–H groups in total. The molecule has 0 bridgehead atoms. The van der Waals surface area contributed by atoms with Crippen molar-refractivity contribution in [2.75, 3.05) is 6.61 Å². The highest BCUT2D eigenvalue weighted by atomic mass is 35.5. The zero-order chi connectivity index (χ0) is 12.7. The Hall–Kier alpha value is 0.200. The highest BCUT2D eigenvalue weighted by molar-refractivity contribution is 7.20. The molecule has 1 aromatic rings. The van der Waals surface area contributed by atoms with Crippen LogP contribution in [0.2, 0.25) is 8.67 Å². The lowest BCUT2D eigenvalue weighted by molar-refractivity contribution is 0.0793. The van der Waals surface area contributed by atoms with Gasteiger partial charge in [0.1, 0.15) is 0 Å². The Balaban J connectivity index is 1.66. The van der Waals surface area contributed by atoms with Gasteiger partial charge in [0, 0.05) is 18.7 Å². The van der Waals surface area contributed by atoms with E-state index in [-0.39, 0.29) is 6.04 Å². The third kappa shape index (κ3) is 2.70. The number of nitrogens with one attached hydrogen (secondary N) is 1. The molecule has 1 saturated carbocycles. The Morgan fingerprint density at radius 3 is 2.78 bits per heavy atom. The lowest BCUT2D eigenvalue weighted by atomic mass is 10.0. The van der Waals surface area contributed by atoms with Crippen LogP contribution in [0.1, 0.15) is 37.8 Å². The second-order valence-corrected chi connectivity index (χ2v) is 7.52. The van der Waals surface area contributed by atoms with E-state index in [1.807, 2.05) is 6.07 Å². The number of halogens is 2. The summed E-state index contributed by atoms with van der Waals surface area (Å²) in [5, 5.41) is 3.66. The Labute approximate surface area is 122 Å². The van der Waals surface area contributed by atoms with Gasteiger partial charge in [-0.05, 0) is 43.7 Å². The van der Waals surface area contributed by atoms with Crippen molar-refractivity contribution in [3.8, 4) is 0 Å². The number of thiophene rings is 1. The highest BCUT2D eigenvalue weighted by Crippen LogP contribution is 2.40. The molecule has 2 fully saturated rings. The maximum absolute atomic E-state index is 6.20. The average molecular weight is 306 g/mol.